The summed E-state index contributed by atoms with van der Waals surface area (Å²) in [4.78, 5) is 11.0. The van der Waals surface area contributed by atoms with E-state index in [0.717, 1.165) is 5.56 Å². The van der Waals surface area contributed by atoms with Crippen LogP contribution in [0.25, 0.3) is 11.0 Å². The molecule has 5 N–H and O–H groups in total. The molecule has 0 aromatic carbocycles. The first-order valence-electron chi connectivity index (χ1n) is 5.72. The molecule has 1 aliphatic rings. The fraction of sp³-hybridized carbons (Fsp3) is 0.455. The van der Waals surface area contributed by atoms with Crippen LogP contribution in [0.2, 0.25) is 0 Å². The normalized spacial score (nSPS) is 28.0. The maximum absolute atomic E-state index is 9.98. The van der Waals surface area contributed by atoms with Crippen LogP contribution >= 0.6 is 0 Å². The summed E-state index contributed by atoms with van der Waals surface area (Å²) in [6.07, 6.45) is 1.97. The summed E-state index contributed by atoms with van der Waals surface area (Å²) in [5.41, 5.74) is 7.16. The van der Waals surface area contributed by atoms with E-state index in [1.807, 2.05) is 0 Å². The number of aliphatic hydroxyl groups excluding tert-OH is 2. The number of nitrogens with two attached hydrogens (primary N) is 1. The highest BCUT2D eigenvalue weighted by atomic mass is 16.5. The van der Waals surface area contributed by atoms with Gasteiger partial charge < -0.3 is 25.7 Å². The summed E-state index contributed by atoms with van der Waals surface area (Å²) in [5, 5.41) is 19.7. The first-order valence-corrected chi connectivity index (χ1v) is 5.72. The minimum Gasteiger partial charge on any atom is -0.394 e. The van der Waals surface area contributed by atoms with Crippen LogP contribution in [0.1, 0.15) is 18.1 Å². The lowest BCUT2D eigenvalue weighted by Crippen LogP contribution is -2.12. The highest BCUT2D eigenvalue weighted by Gasteiger charge is 2.36. The Labute approximate surface area is 103 Å². The minimum absolute atomic E-state index is 0.109. The van der Waals surface area contributed by atoms with Gasteiger partial charge in [-0.25, -0.2) is 9.97 Å². The predicted molar refractivity (Wildman–Crippen MR) is 63.6 cm³/mol. The smallest absolute Gasteiger partial charge is 0.143 e. The maximum Gasteiger partial charge on any atom is 0.143 e. The highest BCUT2D eigenvalue weighted by Crippen LogP contribution is 2.37. The van der Waals surface area contributed by atoms with Gasteiger partial charge in [-0.1, -0.05) is 0 Å². The number of aromatic amines is 1. The first-order chi connectivity index (χ1) is 8.70. The lowest BCUT2D eigenvalue weighted by atomic mass is 10.0. The van der Waals surface area contributed by atoms with Crippen molar-refractivity contribution in [3.8, 4) is 0 Å². The van der Waals surface area contributed by atoms with E-state index in [9.17, 15) is 5.11 Å². The van der Waals surface area contributed by atoms with E-state index >= 15 is 0 Å². The molecule has 3 heterocycles. The molecule has 18 heavy (non-hydrogen) atoms. The largest absolute Gasteiger partial charge is 0.394 e. The lowest BCUT2D eigenvalue weighted by Gasteiger charge is -2.13. The zero-order valence-electron chi connectivity index (χ0n) is 9.58. The molecule has 1 aliphatic heterocycles. The Balaban J connectivity index is 2.05. The van der Waals surface area contributed by atoms with Gasteiger partial charge in [0.1, 0.15) is 23.9 Å². The van der Waals surface area contributed by atoms with E-state index in [0.29, 0.717) is 23.3 Å². The highest BCUT2D eigenvalue weighted by molar-refractivity contribution is 5.89. The second kappa shape index (κ2) is 4.20. The summed E-state index contributed by atoms with van der Waals surface area (Å²) in [6.45, 7) is -0.109. The molecule has 96 valence electrons. The molecule has 0 amide bonds. The van der Waals surface area contributed by atoms with E-state index in [1.54, 1.807) is 6.20 Å². The fourth-order valence-electron chi connectivity index (χ4n) is 2.38. The maximum atomic E-state index is 9.98. The number of fused-ring (bicyclic) bond motifs is 1. The molecular formula is C11H14N4O3. The van der Waals surface area contributed by atoms with Crippen LogP contribution in [0.4, 0.5) is 5.82 Å². The van der Waals surface area contributed by atoms with Gasteiger partial charge in [0.05, 0.1) is 24.2 Å². The van der Waals surface area contributed by atoms with Crippen molar-refractivity contribution in [2.45, 2.75) is 24.7 Å². The summed E-state index contributed by atoms with van der Waals surface area (Å²) in [7, 11) is 0. The van der Waals surface area contributed by atoms with Crippen molar-refractivity contribution in [1.29, 1.82) is 0 Å². The van der Waals surface area contributed by atoms with Crippen molar-refractivity contribution in [3.63, 3.8) is 0 Å². The van der Waals surface area contributed by atoms with Crippen LogP contribution in [0, 0.1) is 0 Å². The zero-order chi connectivity index (χ0) is 12.7. The second-order valence-corrected chi connectivity index (χ2v) is 4.39. The number of hydrogen-bond acceptors (Lipinski definition) is 6. The number of nitrogens with one attached hydrogen (secondary N) is 1. The van der Waals surface area contributed by atoms with Crippen LogP contribution in [-0.2, 0) is 4.74 Å². The number of aromatic nitrogens is 3. The lowest BCUT2D eigenvalue weighted by molar-refractivity contribution is -0.00999. The molecule has 0 aliphatic carbocycles. The number of H-pyrrole nitrogens is 1. The molecule has 7 nitrogen and oxygen atoms in total. The Morgan fingerprint density at radius 1 is 1.50 bits per heavy atom. The molecule has 0 unspecified atom stereocenters. The summed E-state index contributed by atoms with van der Waals surface area (Å²) < 4.78 is 5.60. The van der Waals surface area contributed by atoms with Crippen molar-refractivity contribution in [1.82, 2.24) is 15.0 Å². The molecule has 0 saturated carbocycles. The molecule has 2 aromatic heterocycles. The van der Waals surface area contributed by atoms with E-state index in [4.69, 9.17) is 15.6 Å². The molecule has 7 heteroatoms. The Bertz CT molecular complexity index is 570. The SMILES string of the molecule is Nc1ncnc2[nH]cc([C@H]3O[C@H](CO)C[C@H]3O)c12. The van der Waals surface area contributed by atoms with E-state index < -0.39 is 12.2 Å². The third kappa shape index (κ3) is 1.64. The molecule has 1 saturated heterocycles. The van der Waals surface area contributed by atoms with Crippen LogP contribution < -0.4 is 5.73 Å². The van der Waals surface area contributed by atoms with Gasteiger partial charge in [0.2, 0.25) is 0 Å². The monoisotopic (exact) mass is 250 g/mol. The molecule has 1 fully saturated rings. The Kier molecular flexibility index (Phi) is 2.66. The van der Waals surface area contributed by atoms with Gasteiger partial charge in [0, 0.05) is 18.2 Å². The third-order valence-electron chi connectivity index (χ3n) is 3.23. The van der Waals surface area contributed by atoms with Crippen molar-refractivity contribution in [2.75, 3.05) is 12.3 Å². The predicted octanol–water partition coefficient (Wildman–Crippen LogP) is -0.277. The quantitative estimate of drug-likeness (QED) is 0.582. The number of nitrogen functional groups attached to an aromatic ring is 1. The van der Waals surface area contributed by atoms with E-state index in [-0.39, 0.29) is 12.7 Å². The molecule has 3 atom stereocenters. The molecule has 0 radical (unpaired) electrons. The summed E-state index contributed by atoms with van der Waals surface area (Å²) in [6, 6.07) is 0. The van der Waals surface area contributed by atoms with Gasteiger partial charge in [-0.15, -0.1) is 0 Å². The standard InChI is InChI=1S/C11H14N4O3/c12-10-8-6(2-13-11(8)15-4-14-10)9-7(17)1-5(3-16)18-9/h2,4-5,7,9,16-17H,1,3H2,(H3,12,13,14,15)/t5-,7+,9+/m0/s1. The second-order valence-electron chi connectivity index (χ2n) is 4.39. The minimum atomic E-state index is -0.666. The molecule has 0 spiro atoms. The zero-order valence-corrected chi connectivity index (χ0v) is 9.58. The van der Waals surface area contributed by atoms with Crippen molar-refractivity contribution in [2.24, 2.45) is 0 Å². The Morgan fingerprint density at radius 2 is 2.33 bits per heavy atom. The third-order valence-corrected chi connectivity index (χ3v) is 3.23. The number of rotatable bonds is 2. The van der Waals surface area contributed by atoms with E-state index in [2.05, 4.69) is 15.0 Å². The average Bonchev–Trinajstić information content (AvgIpc) is 2.93. The van der Waals surface area contributed by atoms with Crippen LogP contribution in [0.15, 0.2) is 12.5 Å². The van der Waals surface area contributed by atoms with Gasteiger partial charge in [-0.2, -0.15) is 0 Å². The number of ether oxygens (including phenoxy) is 1. The van der Waals surface area contributed by atoms with Crippen LogP contribution in [0.5, 0.6) is 0 Å². The van der Waals surface area contributed by atoms with Crippen molar-refractivity contribution in [3.05, 3.63) is 18.1 Å². The average molecular weight is 250 g/mol. The fourth-order valence-corrected chi connectivity index (χ4v) is 2.38. The van der Waals surface area contributed by atoms with Crippen LogP contribution in [0.3, 0.4) is 0 Å². The first kappa shape index (κ1) is 11.4. The molecule has 3 rings (SSSR count). The Morgan fingerprint density at radius 3 is 3.06 bits per heavy atom. The number of nitrogens with zero attached hydrogens (tertiary/aromatic N) is 2. The number of anilines is 1. The van der Waals surface area contributed by atoms with Gasteiger partial charge in [-0.05, 0) is 0 Å². The van der Waals surface area contributed by atoms with Gasteiger partial charge in [-0.3, -0.25) is 0 Å². The Hall–Kier alpha value is -1.70. The van der Waals surface area contributed by atoms with Crippen LogP contribution in [-0.4, -0.2) is 44.0 Å². The molecular weight excluding hydrogens is 236 g/mol. The molecule has 0 bridgehead atoms. The number of aliphatic hydroxyl groups is 2. The summed E-state index contributed by atoms with van der Waals surface area (Å²) in [5.74, 6) is 0.347. The topological polar surface area (TPSA) is 117 Å². The van der Waals surface area contributed by atoms with E-state index in [1.165, 1.54) is 6.33 Å². The molecule has 2 aromatic rings. The van der Waals surface area contributed by atoms with Crippen molar-refractivity contribution >= 4 is 16.9 Å². The van der Waals surface area contributed by atoms with Gasteiger partial charge >= 0.3 is 0 Å². The summed E-state index contributed by atoms with van der Waals surface area (Å²) >= 11 is 0. The van der Waals surface area contributed by atoms with Gasteiger partial charge in [0.25, 0.3) is 0 Å². The van der Waals surface area contributed by atoms with Gasteiger partial charge in [0.15, 0.2) is 0 Å². The number of hydrogen-bond donors (Lipinski definition) is 4. The van der Waals surface area contributed by atoms with Crippen molar-refractivity contribution < 1.29 is 14.9 Å².